The van der Waals surface area contributed by atoms with Crippen LogP contribution >= 0.6 is 0 Å². The van der Waals surface area contributed by atoms with Crippen LogP contribution in [0, 0.1) is 0 Å². The Labute approximate surface area is 165 Å². The van der Waals surface area contributed by atoms with Crippen molar-refractivity contribution in [3.8, 4) is 11.5 Å². The third kappa shape index (κ3) is 4.27. The van der Waals surface area contributed by atoms with Crippen molar-refractivity contribution in [2.75, 3.05) is 33.3 Å². The van der Waals surface area contributed by atoms with Gasteiger partial charge >= 0.3 is 0 Å². The SMILES string of the molecule is CCCc1ccc(C(=O)N2CCN(C(=O)c3ccc(O)c(OC)c3)CC2)cc1. The lowest BCUT2D eigenvalue weighted by Crippen LogP contribution is -2.50. The second kappa shape index (κ2) is 8.78. The molecular formula is C22H26N2O4. The molecule has 0 unspecified atom stereocenters. The zero-order chi connectivity index (χ0) is 20.1. The van der Waals surface area contributed by atoms with Crippen molar-refractivity contribution < 1.29 is 19.4 Å². The van der Waals surface area contributed by atoms with Gasteiger partial charge in [-0.25, -0.2) is 0 Å². The van der Waals surface area contributed by atoms with Crippen LogP contribution in [0.1, 0.15) is 39.6 Å². The third-order valence-electron chi connectivity index (χ3n) is 5.02. The molecule has 1 heterocycles. The van der Waals surface area contributed by atoms with E-state index in [1.807, 2.05) is 24.3 Å². The maximum Gasteiger partial charge on any atom is 0.254 e. The Morgan fingerprint density at radius 2 is 1.46 bits per heavy atom. The number of piperazine rings is 1. The lowest BCUT2D eigenvalue weighted by Gasteiger charge is -2.35. The molecule has 6 heteroatoms. The number of methoxy groups -OCH3 is 1. The zero-order valence-corrected chi connectivity index (χ0v) is 16.4. The first-order chi connectivity index (χ1) is 13.5. The topological polar surface area (TPSA) is 70.1 Å². The Morgan fingerprint density at radius 3 is 2.00 bits per heavy atom. The number of hydrogen-bond donors (Lipinski definition) is 1. The number of ether oxygens (including phenoxy) is 1. The molecule has 1 saturated heterocycles. The van der Waals surface area contributed by atoms with E-state index in [-0.39, 0.29) is 23.3 Å². The second-order valence-electron chi connectivity index (χ2n) is 6.92. The maximum atomic E-state index is 12.7. The molecule has 2 aromatic carbocycles. The molecule has 2 aromatic rings. The minimum absolute atomic E-state index is 0.000536. The van der Waals surface area contributed by atoms with Crippen LogP contribution < -0.4 is 4.74 Å². The molecule has 0 saturated carbocycles. The summed E-state index contributed by atoms with van der Waals surface area (Å²) in [4.78, 5) is 28.9. The highest BCUT2D eigenvalue weighted by atomic mass is 16.5. The summed E-state index contributed by atoms with van der Waals surface area (Å²) in [6.45, 7) is 4.07. The molecule has 0 aromatic heterocycles. The number of benzene rings is 2. The number of aryl methyl sites for hydroxylation is 1. The summed E-state index contributed by atoms with van der Waals surface area (Å²) in [6, 6.07) is 12.3. The molecular weight excluding hydrogens is 356 g/mol. The van der Waals surface area contributed by atoms with E-state index in [1.54, 1.807) is 15.9 Å². The van der Waals surface area contributed by atoms with Crippen molar-refractivity contribution >= 4 is 11.8 Å². The number of phenols is 1. The van der Waals surface area contributed by atoms with Gasteiger partial charge in [-0.15, -0.1) is 0 Å². The van der Waals surface area contributed by atoms with Crippen LogP contribution in [0.5, 0.6) is 11.5 Å². The number of hydrogen-bond acceptors (Lipinski definition) is 4. The summed E-state index contributed by atoms with van der Waals surface area (Å²) in [6.07, 6.45) is 2.09. The molecule has 0 spiro atoms. The van der Waals surface area contributed by atoms with E-state index >= 15 is 0 Å². The van der Waals surface area contributed by atoms with E-state index in [2.05, 4.69) is 6.92 Å². The normalized spacial score (nSPS) is 14.1. The van der Waals surface area contributed by atoms with Crippen LogP contribution in [0.4, 0.5) is 0 Å². The molecule has 28 heavy (non-hydrogen) atoms. The van der Waals surface area contributed by atoms with Crippen LogP contribution in [0.25, 0.3) is 0 Å². The quantitative estimate of drug-likeness (QED) is 0.863. The highest BCUT2D eigenvalue weighted by Crippen LogP contribution is 2.27. The van der Waals surface area contributed by atoms with E-state index in [0.29, 0.717) is 37.3 Å². The van der Waals surface area contributed by atoms with E-state index in [4.69, 9.17) is 4.74 Å². The van der Waals surface area contributed by atoms with Gasteiger partial charge in [-0.1, -0.05) is 25.5 Å². The molecule has 1 fully saturated rings. The van der Waals surface area contributed by atoms with Gasteiger partial charge in [0.25, 0.3) is 11.8 Å². The number of phenolic OH excluding ortho intramolecular Hbond substituents is 1. The van der Waals surface area contributed by atoms with Gasteiger partial charge in [0.1, 0.15) is 0 Å². The van der Waals surface area contributed by atoms with Crippen LogP contribution in [-0.4, -0.2) is 60.0 Å². The molecule has 0 bridgehead atoms. The summed E-state index contributed by atoms with van der Waals surface area (Å²) in [5, 5.41) is 9.68. The molecule has 0 aliphatic carbocycles. The third-order valence-corrected chi connectivity index (χ3v) is 5.02. The first-order valence-electron chi connectivity index (χ1n) is 9.58. The number of rotatable bonds is 5. The predicted molar refractivity (Wildman–Crippen MR) is 107 cm³/mol. The summed E-state index contributed by atoms with van der Waals surface area (Å²) in [5.74, 6) is 0.140. The monoisotopic (exact) mass is 382 g/mol. The molecule has 6 nitrogen and oxygen atoms in total. The minimum Gasteiger partial charge on any atom is -0.504 e. The van der Waals surface area contributed by atoms with Gasteiger partial charge in [0.2, 0.25) is 0 Å². The predicted octanol–water partition coefficient (Wildman–Crippen LogP) is 2.95. The lowest BCUT2D eigenvalue weighted by atomic mass is 10.1. The van der Waals surface area contributed by atoms with Crippen molar-refractivity contribution in [3.05, 3.63) is 59.2 Å². The fourth-order valence-electron chi connectivity index (χ4n) is 3.39. The van der Waals surface area contributed by atoms with Crippen LogP contribution in [0.3, 0.4) is 0 Å². The van der Waals surface area contributed by atoms with Crippen LogP contribution in [0.15, 0.2) is 42.5 Å². The zero-order valence-electron chi connectivity index (χ0n) is 16.4. The Balaban J connectivity index is 1.60. The fourth-order valence-corrected chi connectivity index (χ4v) is 3.39. The molecule has 1 aliphatic heterocycles. The number of amides is 2. The highest BCUT2D eigenvalue weighted by Gasteiger charge is 2.26. The highest BCUT2D eigenvalue weighted by molar-refractivity contribution is 5.96. The number of aromatic hydroxyl groups is 1. The fraction of sp³-hybridized carbons (Fsp3) is 0.364. The van der Waals surface area contributed by atoms with Gasteiger partial charge < -0.3 is 19.6 Å². The van der Waals surface area contributed by atoms with Gasteiger partial charge in [0, 0.05) is 37.3 Å². The molecule has 0 atom stereocenters. The summed E-state index contributed by atoms with van der Waals surface area (Å²) >= 11 is 0. The molecule has 2 amide bonds. The summed E-state index contributed by atoms with van der Waals surface area (Å²) in [5.41, 5.74) is 2.38. The van der Waals surface area contributed by atoms with Gasteiger partial charge in [-0.05, 0) is 42.3 Å². The Morgan fingerprint density at radius 1 is 0.929 bits per heavy atom. The number of carbonyl (C=O) groups excluding carboxylic acids is 2. The van der Waals surface area contributed by atoms with Crippen molar-refractivity contribution in [1.82, 2.24) is 9.80 Å². The smallest absolute Gasteiger partial charge is 0.254 e. The standard InChI is InChI=1S/C22H26N2O4/c1-3-4-16-5-7-17(8-6-16)21(26)23-11-13-24(14-12-23)22(27)18-9-10-19(25)20(15-18)28-2/h5-10,15,25H,3-4,11-14H2,1-2H3. The molecule has 0 radical (unpaired) electrons. The summed E-state index contributed by atoms with van der Waals surface area (Å²) < 4.78 is 5.07. The van der Waals surface area contributed by atoms with E-state index in [0.717, 1.165) is 12.8 Å². The largest absolute Gasteiger partial charge is 0.504 e. The Bertz CT molecular complexity index is 840. The molecule has 148 valence electrons. The van der Waals surface area contributed by atoms with Crippen molar-refractivity contribution in [2.45, 2.75) is 19.8 Å². The number of nitrogens with zero attached hydrogens (tertiary/aromatic N) is 2. The van der Waals surface area contributed by atoms with Gasteiger partial charge in [0.15, 0.2) is 11.5 Å². The van der Waals surface area contributed by atoms with E-state index in [9.17, 15) is 14.7 Å². The van der Waals surface area contributed by atoms with Crippen molar-refractivity contribution in [3.63, 3.8) is 0 Å². The number of carbonyl (C=O) groups is 2. The summed E-state index contributed by atoms with van der Waals surface area (Å²) in [7, 11) is 1.45. The van der Waals surface area contributed by atoms with Crippen LogP contribution in [0.2, 0.25) is 0 Å². The molecule has 1 N–H and O–H groups in total. The first kappa shape index (κ1) is 19.7. The van der Waals surface area contributed by atoms with Crippen LogP contribution in [-0.2, 0) is 6.42 Å². The van der Waals surface area contributed by atoms with E-state index in [1.165, 1.54) is 24.8 Å². The lowest BCUT2D eigenvalue weighted by molar-refractivity contribution is 0.0535. The maximum absolute atomic E-state index is 12.7. The van der Waals surface area contributed by atoms with E-state index < -0.39 is 0 Å². The Kier molecular flexibility index (Phi) is 6.19. The molecule has 3 rings (SSSR count). The van der Waals surface area contributed by atoms with Crippen molar-refractivity contribution in [2.24, 2.45) is 0 Å². The molecule has 1 aliphatic rings. The van der Waals surface area contributed by atoms with Gasteiger partial charge in [0.05, 0.1) is 7.11 Å². The minimum atomic E-state index is -0.130. The van der Waals surface area contributed by atoms with Crippen molar-refractivity contribution in [1.29, 1.82) is 0 Å². The van der Waals surface area contributed by atoms with Gasteiger partial charge in [-0.2, -0.15) is 0 Å². The second-order valence-corrected chi connectivity index (χ2v) is 6.92. The Hall–Kier alpha value is -3.02. The first-order valence-corrected chi connectivity index (χ1v) is 9.58. The average molecular weight is 382 g/mol. The average Bonchev–Trinajstić information content (AvgIpc) is 2.74. The van der Waals surface area contributed by atoms with Gasteiger partial charge in [-0.3, -0.25) is 9.59 Å².